The molecule has 1 heterocycles. The second-order valence-electron chi connectivity index (χ2n) is 6.82. The predicted molar refractivity (Wildman–Crippen MR) is 97.0 cm³/mol. The molecule has 30 heavy (non-hydrogen) atoms. The van der Waals surface area contributed by atoms with Crippen molar-refractivity contribution in [3.63, 3.8) is 0 Å². The van der Waals surface area contributed by atoms with Gasteiger partial charge in [0.2, 0.25) is 0 Å². The van der Waals surface area contributed by atoms with E-state index in [4.69, 9.17) is 31.6 Å². The Bertz CT molecular complexity index is 804. The summed E-state index contributed by atoms with van der Waals surface area (Å²) in [7, 11) is 0. The number of aliphatic hydroxyl groups is 2. The maximum atomic E-state index is 14.9. The molecule has 10 atom stereocenters. The van der Waals surface area contributed by atoms with E-state index in [9.17, 15) is 14.6 Å². The number of aliphatic hydroxyl groups excluding tert-OH is 2. The van der Waals surface area contributed by atoms with Crippen LogP contribution in [-0.2, 0) is 9.47 Å². The van der Waals surface area contributed by atoms with E-state index in [2.05, 4.69) is 40.1 Å². The highest BCUT2D eigenvalue weighted by molar-refractivity contribution is 5.02. The van der Waals surface area contributed by atoms with Gasteiger partial charge >= 0.3 is 0 Å². The maximum Gasteiger partial charge on any atom is 0.169 e. The first kappa shape index (κ1) is 23.3. The highest BCUT2D eigenvalue weighted by Gasteiger charge is 2.49. The quantitative estimate of drug-likeness (QED) is 0.353. The highest BCUT2D eigenvalue weighted by Crippen LogP contribution is 2.35. The van der Waals surface area contributed by atoms with E-state index >= 15 is 0 Å². The van der Waals surface area contributed by atoms with Crippen molar-refractivity contribution >= 4 is 0 Å². The molecule has 0 aromatic heterocycles. The van der Waals surface area contributed by atoms with Gasteiger partial charge in [0.05, 0.1) is 36.9 Å². The van der Waals surface area contributed by atoms with Crippen molar-refractivity contribution in [1.29, 1.82) is 0 Å². The highest BCUT2D eigenvalue weighted by atomic mass is 19.1. The minimum atomic E-state index is -1.74. The van der Waals surface area contributed by atoms with Gasteiger partial charge in [-0.1, -0.05) is 27.4 Å². The summed E-state index contributed by atoms with van der Waals surface area (Å²) < 4.78 is 26.1. The third-order valence-corrected chi connectivity index (χ3v) is 5.15. The van der Waals surface area contributed by atoms with E-state index in [1.807, 2.05) is 0 Å². The first-order valence-corrected chi connectivity index (χ1v) is 8.84. The van der Waals surface area contributed by atoms with Gasteiger partial charge in [-0.2, -0.15) is 0 Å². The molecule has 0 spiro atoms. The Morgan fingerprint density at radius 3 is 2.23 bits per heavy atom. The van der Waals surface area contributed by atoms with E-state index < -0.39 is 60.9 Å². The summed E-state index contributed by atoms with van der Waals surface area (Å²) >= 11 is 0. The molecule has 1 saturated heterocycles. The molecule has 16 nitrogen and oxygen atoms in total. The maximum absolute atomic E-state index is 14.9. The number of alkyl halides is 1. The molecule has 0 radical (unpaired) electrons. The molecular formula is C13H19FN12O4. The molecule has 0 amide bonds. The Morgan fingerprint density at radius 1 is 1.00 bits per heavy atom. The van der Waals surface area contributed by atoms with Crippen LogP contribution in [0.25, 0.3) is 41.8 Å². The Balaban J connectivity index is 2.33. The first-order valence-electron chi connectivity index (χ1n) is 8.84. The Labute approximate surface area is 168 Å². The standard InChI is InChI=1S/C13H19FN12O4/c1-4-7(3-19-23-15)29-13(9(8(4)14)22-26-18)30-12-6(21-25-17)2-5(20-24-16)10(27)11(12)28/h4-13,27-28H,2-3H2,1H3/t4?,5-,6+,7-,8+,9-,10+,11-,12-,13-/m1/s1. The molecule has 2 aliphatic rings. The van der Waals surface area contributed by atoms with Crippen molar-refractivity contribution in [2.24, 2.45) is 26.4 Å². The van der Waals surface area contributed by atoms with Gasteiger partial charge in [0.25, 0.3) is 0 Å². The number of rotatable bonds is 7. The molecule has 0 aromatic rings. The lowest BCUT2D eigenvalue weighted by Gasteiger charge is -2.45. The topological polar surface area (TPSA) is 254 Å². The average molecular weight is 426 g/mol. The van der Waals surface area contributed by atoms with E-state index in [0.717, 1.165) is 0 Å². The Kier molecular flexibility index (Phi) is 8.30. The van der Waals surface area contributed by atoms with Gasteiger partial charge in [-0.25, -0.2) is 4.39 Å². The van der Waals surface area contributed by atoms with Crippen molar-refractivity contribution in [1.82, 2.24) is 0 Å². The number of hydrogen-bond acceptors (Lipinski definition) is 8. The summed E-state index contributed by atoms with van der Waals surface area (Å²) in [6, 6.07) is -3.65. The van der Waals surface area contributed by atoms with Crippen LogP contribution in [0.4, 0.5) is 4.39 Å². The third kappa shape index (κ3) is 4.94. The minimum absolute atomic E-state index is 0.159. The Hall–Kier alpha value is -2.99. The van der Waals surface area contributed by atoms with Crippen LogP contribution in [-0.4, -0.2) is 71.8 Å². The van der Waals surface area contributed by atoms with Crippen LogP contribution in [0.2, 0.25) is 0 Å². The van der Waals surface area contributed by atoms with Gasteiger partial charge in [-0.3, -0.25) is 0 Å². The van der Waals surface area contributed by atoms with Crippen molar-refractivity contribution in [3.05, 3.63) is 41.8 Å². The second-order valence-corrected chi connectivity index (χ2v) is 6.82. The minimum Gasteiger partial charge on any atom is -0.390 e. The zero-order chi connectivity index (χ0) is 22.3. The normalized spacial score (nSPS) is 40.7. The zero-order valence-electron chi connectivity index (χ0n) is 15.6. The Morgan fingerprint density at radius 2 is 1.63 bits per heavy atom. The summed E-state index contributed by atoms with van der Waals surface area (Å²) in [5, 5.41) is 34.3. The van der Waals surface area contributed by atoms with E-state index in [1.54, 1.807) is 0 Å². The number of halogens is 1. The molecule has 162 valence electrons. The SMILES string of the molecule is CC1[C@@H](CN=[N+]=[N-])O[C@H](O[C@H]2[C@H](O)[C@@H](O)[C@H](N=[N+]=[N-])C[C@@H]2N=[N+]=[N-])[C@H](N=[N+]=[N-])[C@H]1F. The summed E-state index contributed by atoms with van der Waals surface area (Å²) in [4.78, 5) is 10.4. The molecule has 0 aromatic carbocycles. The van der Waals surface area contributed by atoms with Crippen molar-refractivity contribution in [2.45, 2.75) is 68.3 Å². The molecule has 1 saturated carbocycles. The van der Waals surface area contributed by atoms with Gasteiger partial charge in [0.15, 0.2) is 6.29 Å². The second kappa shape index (κ2) is 10.7. The largest absolute Gasteiger partial charge is 0.390 e. The molecular weight excluding hydrogens is 407 g/mol. The van der Waals surface area contributed by atoms with Crippen LogP contribution in [0, 0.1) is 5.92 Å². The van der Waals surface area contributed by atoms with E-state index in [-0.39, 0.29) is 13.0 Å². The van der Waals surface area contributed by atoms with Crippen LogP contribution < -0.4 is 0 Å². The van der Waals surface area contributed by atoms with Gasteiger partial charge in [-0.05, 0) is 28.5 Å². The van der Waals surface area contributed by atoms with Gasteiger partial charge in [0, 0.05) is 25.6 Å². The smallest absolute Gasteiger partial charge is 0.169 e. The van der Waals surface area contributed by atoms with E-state index in [0.29, 0.717) is 0 Å². The van der Waals surface area contributed by atoms with Gasteiger partial charge < -0.3 is 19.7 Å². The van der Waals surface area contributed by atoms with Crippen molar-refractivity contribution < 1.29 is 24.1 Å². The number of ether oxygens (including phenoxy) is 2. The molecule has 1 aliphatic carbocycles. The average Bonchev–Trinajstić information content (AvgIpc) is 2.73. The fraction of sp³-hybridized carbons (Fsp3) is 1.00. The zero-order valence-corrected chi connectivity index (χ0v) is 15.6. The molecule has 17 heteroatoms. The molecule has 1 unspecified atom stereocenters. The summed E-state index contributed by atoms with van der Waals surface area (Å²) in [5.41, 5.74) is 34.7. The molecule has 1 aliphatic heterocycles. The fourth-order valence-corrected chi connectivity index (χ4v) is 3.52. The van der Waals surface area contributed by atoms with Gasteiger partial charge in [-0.15, -0.1) is 0 Å². The van der Waals surface area contributed by atoms with Crippen molar-refractivity contribution in [2.75, 3.05) is 6.54 Å². The predicted octanol–water partition coefficient (Wildman–Crippen LogP) is 2.54. The number of hydrogen-bond donors (Lipinski definition) is 2. The fourth-order valence-electron chi connectivity index (χ4n) is 3.52. The van der Waals surface area contributed by atoms with Crippen LogP contribution in [0.1, 0.15) is 13.3 Å². The third-order valence-electron chi connectivity index (χ3n) is 5.15. The molecule has 2 fully saturated rings. The molecule has 2 rings (SSSR count). The van der Waals surface area contributed by atoms with Crippen LogP contribution in [0.3, 0.4) is 0 Å². The molecule has 0 bridgehead atoms. The monoisotopic (exact) mass is 426 g/mol. The molecule has 2 N–H and O–H groups in total. The summed E-state index contributed by atoms with van der Waals surface area (Å²) in [5.74, 6) is -0.810. The van der Waals surface area contributed by atoms with Crippen LogP contribution >= 0.6 is 0 Å². The number of azide groups is 4. The van der Waals surface area contributed by atoms with Crippen LogP contribution in [0.5, 0.6) is 0 Å². The van der Waals surface area contributed by atoms with E-state index in [1.165, 1.54) is 6.92 Å². The van der Waals surface area contributed by atoms with Crippen LogP contribution in [0.15, 0.2) is 20.5 Å². The lowest BCUT2D eigenvalue weighted by Crippen LogP contribution is -2.60. The summed E-state index contributed by atoms with van der Waals surface area (Å²) in [6.45, 7) is 1.25. The van der Waals surface area contributed by atoms with Crippen molar-refractivity contribution in [3.8, 4) is 0 Å². The first-order chi connectivity index (χ1) is 14.4. The number of nitrogens with zero attached hydrogens (tertiary/aromatic N) is 12. The lowest BCUT2D eigenvalue weighted by atomic mass is 9.84. The summed E-state index contributed by atoms with van der Waals surface area (Å²) in [6.07, 6.45) is -8.99. The lowest BCUT2D eigenvalue weighted by molar-refractivity contribution is -0.271. The van der Waals surface area contributed by atoms with Gasteiger partial charge in [0.1, 0.15) is 18.3 Å².